The minimum Gasteiger partial charge on any atom is -0.377 e. The molecule has 2 aliphatic rings. The summed E-state index contributed by atoms with van der Waals surface area (Å²) >= 11 is 0. The number of rotatable bonds is 5. The van der Waals surface area contributed by atoms with Crippen molar-refractivity contribution < 1.29 is 14.5 Å². The minimum absolute atomic E-state index is 0.00623. The van der Waals surface area contributed by atoms with Crippen LogP contribution in [-0.2, 0) is 11.3 Å². The van der Waals surface area contributed by atoms with Crippen molar-refractivity contribution in [2.45, 2.75) is 52.8 Å². The highest BCUT2D eigenvalue weighted by Gasteiger charge is 2.61. The highest BCUT2D eigenvalue weighted by Crippen LogP contribution is 2.54. The molecular weight excluding hydrogens is 384 g/mol. The summed E-state index contributed by atoms with van der Waals surface area (Å²) < 4.78 is 7.48. The first-order chi connectivity index (χ1) is 14.1. The van der Waals surface area contributed by atoms with E-state index in [9.17, 15) is 14.9 Å². The van der Waals surface area contributed by atoms with Gasteiger partial charge in [0.25, 0.3) is 5.91 Å². The topological polar surface area (TPSA) is 90.5 Å². The van der Waals surface area contributed by atoms with Gasteiger partial charge < -0.3 is 9.64 Å². The van der Waals surface area contributed by atoms with Gasteiger partial charge in [-0.15, -0.1) is 0 Å². The van der Waals surface area contributed by atoms with Crippen LogP contribution in [-0.4, -0.2) is 51.3 Å². The second kappa shape index (κ2) is 7.19. The Morgan fingerprint density at radius 2 is 2.00 bits per heavy atom. The number of aromatic nitrogens is 2. The van der Waals surface area contributed by atoms with E-state index in [1.165, 1.54) is 0 Å². The Kier molecular flexibility index (Phi) is 4.92. The second-order valence-electron chi connectivity index (χ2n) is 9.06. The maximum atomic E-state index is 13.1. The smallest absolute Gasteiger partial charge is 0.312 e. The number of benzene rings is 1. The van der Waals surface area contributed by atoms with Crippen LogP contribution in [0.5, 0.6) is 0 Å². The Labute approximate surface area is 176 Å². The molecule has 0 spiro atoms. The van der Waals surface area contributed by atoms with E-state index in [1.807, 2.05) is 36.2 Å². The molecule has 1 saturated carbocycles. The number of nitrogens with zero attached hydrogens (tertiary/aromatic N) is 4. The van der Waals surface area contributed by atoms with Crippen molar-refractivity contribution in [3.05, 3.63) is 56.9 Å². The van der Waals surface area contributed by atoms with Crippen LogP contribution in [0.15, 0.2) is 24.3 Å². The number of amides is 1. The van der Waals surface area contributed by atoms with Gasteiger partial charge in [-0.05, 0) is 38.0 Å². The molecule has 1 saturated heterocycles. The number of carbonyl (C=O) groups is 1. The summed E-state index contributed by atoms with van der Waals surface area (Å²) in [4.78, 5) is 25.8. The molecule has 2 aromatic rings. The van der Waals surface area contributed by atoms with Gasteiger partial charge in [0.2, 0.25) is 0 Å². The highest BCUT2D eigenvalue weighted by atomic mass is 16.6. The van der Waals surface area contributed by atoms with Crippen molar-refractivity contribution in [2.24, 2.45) is 11.3 Å². The lowest BCUT2D eigenvalue weighted by atomic mass is 9.56. The second-order valence-corrected chi connectivity index (χ2v) is 9.06. The van der Waals surface area contributed by atoms with Crippen molar-refractivity contribution in [3.63, 3.8) is 0 Å². The Hall–Kier alpha value is -2.74. The van der Waals surface area contributed by atoms with E-state index >= 15 is 0 Å². The number of carbonyl (C=O) groups excluding carboxylic acids is 1. The number of fused-ring (bicyclic) bond motifs is 1. The van der Waals surface area contributed by atoms with Crippen molar-refractivity contribution in [2.75, 3.05) is 13.7 Å². The fraction of sp³-hybridized carbons (Fsp3) is 0.545. The third-order valence-corrected chi connectivity index (χ3v) is 6.84. The fourth-order valence-electron chi connectivity index (χ4n) is 5.45. The largest absolute Gasteiger partial charge is 0.377 e. The lowest BCUT2D eigenvalue weighted by Crippen LogP contribution is -2.66. The number of nitro groups is 1. The zero-order chi connectivity index (χ0) is 21.8. The molecule has 1 aromatic carbocycles. The van der Waals surface area contributed by atoms with Crippen molar-refractivity contribution in [3.8, 4) is 0 Å². The molecule has 0 unspecified atom stereocenters. The van der Waals surface area contributed by atoms with Crippen molar-refractivity contribution in [1.29, 1.82) is 0 Å². The van der Waals surface area contributed by atoms with Gasteiger partial charge in [0.1, 0.15) is 11.4 Å². The number of aryl methyl sites for hydroxylation is 1. The summed E-state index contributed by atoms with van der Waals surface area (Å²) in [6.07, 6.45) is 1.24. The van der Waals surface area contributed by atoms with Gasteiger partial charge in [0.15, 0.2) is 0 Å². The fourth-order valence-corrected chi connectivity index (χ4v) is 5.45. The quantitative estimate of drug-likeness (QED) is 0.555. The summed E-state index contributed by atoms with van der Waals surface area (Å²) in [6.45, 7) is 8.87. The van der Waals surface area contributed by atoms with Gasteiger partial charge in [0.05, 0.1) is 17.6 Å². The van der Waals surface area contributed by atoms with Gasteiger partial charge in [-0.2, -0.15) is 5.10 Å². The SMILES string of the molecule is Cc1nn(Cc2ccc(C(=O)N(C)[C@@H]3[C@@H]4CCO[C@@H]4C3(C)C)cc2)c(C)c1[N+](=O)[O-]. The van der Waals surface area contributed by atoms with E-state index in [-0.39, 0.29) is 29.2 Å². The first-order valence-electron chi connectivity index (χ1n) is 10.3. The number of hydrogen-bond acceptors (Lipinski definition) is 5. The van der Waals surface area contributed by atoms with Crippen LogP contribution in [0.4, 0.5) is 5.69 Å². The number of ether oxygens (including phenoxy) is 1. The summed E-state index contributed by atoms with van der Waals surface area (Å²) in [5, 5.41) is 15.5. The van der Waals surface area contributed by atoms with E-state index in [0.717, 1.165) is 18.6 Å². The third-order valence-electron chi connectivity index (χ3n) is 6.84. The van der Waals surface area contributed by atoms with Crippen molar-refractivity contribution >= 4 is 11.6 Å². The molecule has 1 amide bonds. The predicted molar refractivity (Wildman–Crippen MR) is 111 cm³/mol. The Balaban J connectivity index is 1.48. The zero-order valence-corrected chi connectivity index (χ0v) is 18.1. The maximum absolute atomic E-state index is 13.1. The van der Waals surface area contributed by atoms with Gasteiger partial charge in [0, 0.05) is 36.6 Å². The Morgan fingerprint density at radius 3 is 2.60 bits per heavy atom. The molecule has 0 radical (unpaired) electrons. The van der Waals surface area contributed by atoms with Crippen LogP contribution in [0.1, 0.15) is 47.6 Å². The van der Waals surface area contributed by atoms with E-state index < -0.39 is 4.92 Å². The van der Waals surface area contributed by atoms with Crippen LogP contribution in [0.3, 0.4) is 0 Å². The molecule has 8 nitrogen and oxygen atoms in total. The van der Waals surface area contributed by atoms with Gasteiger partial charge in [-0.25, -0.2) is 0 Å². The minimum atomic E-state index is -0.395. The van der Waals surface area contributed by atoms with Crippen molar-refractivity contribution in [1.82, 2.24) is 14.7 Å². The molecule has 3 atom stereocenters. The van der Waals surface area contributed by atoms with Crippen LogP contribution >= 0.6 is 0 Å². The summed E-state index contributed by atoms with van der Waals surface area (Å²) in [6, 6.07) is 7.59. The molecule has 2 fully saturated rings. The lowest BCUT2D eigenvalue weighted by Gasteiger charge is -2.57. The Morgan fingerprint density at radius 1 is 1.33 bits per heavy atom. The van der Waals surface area contributed by atoms with Crippen LogP contribution in [0.2, 0.25) is 0 Å². The van der Waals surface area contributed by atoms with Gasteiger partial charge in [-0.3, -0.25) is 19.6 Å². The van der Waals surface area contributed by atoms with Gasteiger partial charge in [-0.1, -0.05) is 26.0 Å². The molecule has 8 heteroatoms. The molecular formula is C22H28N4O4. The molecule has 1 aliphatic heterocycles. The summed E-state index contributed by atoms with van der Waals surface area (Å²) in [5.41, 5.74) is 2.51. The summed E-state index contributed by atoms with van der Waals surface area (Å²) in [7, 11) is 1.88. The lowest BCUT2D eigenvalue weighted by molar-refractivity contribution is -0.386. The molecule has 2 heterocycles. The molecule has 4 rings (SSSR count). The molecule has 1 aromatic heterocycles. The Bertz CT molecular complexity index is 995. The zero-order valence-electron chi connectivity index (χ0n) is 18.1. The van der Waals surface area contributed by atoms with E-state index in [2.05, 4.69) is 18.9 Å². The third kappa shape index (κ3) is 3.10. The number of hydrogen-bond donors (Lipinski definition) is 0. The van der Waals surface area contributed by atoms with Gasteiger partial charge >= 0.3 is 5.69 Å². The standard InChI is InChI=1S/C22H28N4O4/c1-13-18(26(28)29)14(2)25(23-13)12-15-6-8-16(9-7-15)21(27)24(5)19-17-10-11-30-20(17)22(19,3)4/h6-9,17,19-20H,10-12H2,1-5H3/t17-,19+,20-/m0/s1. The van der Waals surface area contributed by atoms with Crippen LogP contribution in [0, 0.1) is 35.3 Å². The molecule has 160 valence electrons. The van der Waals surface area contributed by atoms with Crippen LogP contribution < -0.4 is 0 Å². The molecule has 30 heavy (non-hydrogen) atoms. The summed E-state index contributed by atoms with van der Waals surface area (Å²) in [5.74, 6) is 0.418. The van der Waals surface area contributed by atoms with E-state index in [0.29, 0.717) is 29.4 Å². The first kappa shape index (κ1) is 20.5. The molecule has 0 N–H and O–H groups in total. The monoisotopic (exact) mass is 412 g/mol. The highest BCUT2D eigenvalue weighted by molar-refractivity contribution is 5.94. The maximum Gasteiger partial charge on any atom is 0.312 e. The van der Waals surface area contributed by atoms with Crippen LogP contribution in [0.25, 0.3) is 0 Å². The molecule has 1 aliphatic carbocycles. The van der Waals surface area contributed by atoms with E-state index in [4.69, 9.17) is 4.74 Å². The first-order valence-corrected chi connectivity index (χ1v) is 10.3. The average Bonchev–Trinajstić information content (AvgIpc) is 3.24. The average molecular weight is 412 g/mol. The normalized spacial score (nSPS) is 24.2. The molecule has 0 bridgehead atoms. The van der Waals surface area contributed by atoms with E-state index in [1.54, 1.807) is 18.5 Å². The predicted octanol–water partition coefficient (Wildman–Crippen LogP) is 3.34.